The summed E-state index contributed by atoms with van der Waals surface area (Å²) in [6.07, 6.45) is 8.36. The lowest BCUT2D eigenvalue weighted by atomic mass is 10.2. The average Bonchev–Trinajstić information content (AvgIpc) is 2.67. The molecule has 0 aromatic rings. The minimum absolute atomic E-state index is 0.00388. The molecule has 0 radical (unpaired) electrons. The second kappa shape index (κ2) is 8.74. The van der Waals surface area contributed by atoms with E-state index in [1.165, 1.54) is 12.8 Å². The second-order valence-electron chi connectivity index (χ2n) is 5.29. The summed E-state index contributed by atoms with van der Waals surface area (Å²) in [5, 5.41) is 9.33. The second-order valence-corrected chi connectivity index (χ2v) is 7.31. The van der Waals surface area contributed by atoms with E-state index >= 15 is 0 Å². The molecule has 19 heavy (non-hydrogen) atoms. The third kappa shape index (κ3) is 5.26. The first-order valence-electron chi connectivity index (χ1n) is 7.61. The monoisotopic (exact) mass is 286 g/mol. The highest BCUT2D eigenvalue weighted by Crippen LogP contribution is 2.52. The van der Waals surface area contributed by atoms with Gasteiger partial charge < -0.3 is 4.52 Å². The summed E-state index contributed by atoms with van der Waals surface area (Å²) in [5.41, 5.74) is 0. The standard InChI is InChI=1S/C14H27N2O2P/c1-3-11-16(12-4-2)19(17,13-15)18-14-9-7-5-6-8-10-14/h14H,3-12H2,1-2H3. The van der Waals surface area contributed by atoms with Gasteiger partial charge in [0.25, 0.3) is 0 Å². The highest BCUT2D eigenvalue weighted by Gasteiger charge is 2.34. The summed E-state index contributed by atoms with van der Waals surface area (Å²) in [7, 11) is -3.29. The lowest BCUT2D eigenvalue weighted by Crippen LogP contribution is -2.25. The molecule has 0 aromatic carbocycles. The van der Waals surface area contributed by atoms with E-state index in [0.29, 0.717) is 13.1 Å². The Morgan fingerprint density at radius 2 is 1.68 bits per heavy atom. The highest BCUT2D eigenvalue weighted by molar-refractivity contribution is 7.61. The molecule has 0 saturated heterocycles. The lowest BCUT2D eigenvalue weighted by molar-refractivity contribution is 0.167. The number of nitrogens with zero attached hydrogens (tertiary/aromatic N) is 2. The Morgan fingerprint density at radius 3 is 2.11 bits per heavy atom. The maximum absolute atomic E-state index is 12.8. The number of rotatable bonds is 7. The van der Waals surface area contributed by atoms with Gasteiger partial charge in [-0.2, -0.15) is 5.26 Å². The van der Waals surface area contributed by atoms with Crippen LogP contribution in [0.25, 0.3) is 0 Å². The highest BCUT2D eigenvalue weighted by atomic mass is 31.2. The lowest BCUT2D eigenvalue weighted by Gasteiger charge is -2.28. The van der Waals surface area contributed by atoms with Crippen LogP contribution in [0.4, 0.5) is 0 Å². The summed E-state index contributed by atoms with van der Waals surface area (Å²) in [5.74, 6) is 1.98. The van der Waals surface area contributed by atoms with E-state index in [9.17, 15) is 9.83 Å². The molecule has 1 rings (SSSR count). The minimum Gasteiger partial charge on any atom is -0.304 e. The summed E-state index contributed by atoms with van der Waals surface area (Å²) in [4.78, 5) is 0. The van der Waals surface area contributed by atoms with Gasteiger partial charge in [-0.3, -0.25) is 4.57 Å². The number of nitriles is 1. The van der Waals surface area contributed by atoms with Gasteiger partial charge in [0.1, 0.15) is 0 Å². The maximum atomic E-state index is 12.8. The molecular weight excluding hydrogens is 259 g/mol. The molecule has 1 fully saturated rings. The van der Waals surface area contributed by atoms with E-state index < -0.39 is 7.52 Å². The van der Waals surface area contributed by atoms with Gasteiger partial charge in [0, 0.05) is 13.1 Å². The van der Waals surface area contributed by atoms with Gasteiger partial charge in [0.2, 0.25) is 0 Å². The van der Waals surface area contributed by atoms with Crippen LogP contribution >= 0.6 is 7.52 Å². The molecule has 0 bridgehead atoms. The molecule has 110 valence electrons. The smallest absolute Gasteiger partial charge is 0.304 e. The number of hydrogen-bond donors (Lipinski definition) is 0. The summed E-state index contributed by atoms with van der Waals surface area (Å²) in [6.45, 7) is 5.42. The van der Waals surface area contributed by atoms with Crippen molar-refractivity contribution in [2.75, 3.05) is 13.1 Å². The molecule has 1 saturated carbocycles. The summed E-state index contributed by atoms with van der Waals surface area (Å²) in [6, 6.07) is 0. The van der Waals surface area contributed by atoms with E-state index in [-0.39, 0.29) is 6.10 Å². The molecule has 1 aliphatic carbocycles. The Labute approximate surface area is 117 Å². The predicted octanol–water partition coefficient (Wildman–Crippen LogP) is 4.52. The van der Waals surface area contributed by atoms with Gasteiger partial charge in [-0.1, -0.05) is 39.5 Å². The molecule has 0 spiro atoms. The number of hydrogen-bond acceptors (Lipinski definition) is 3. The fourth-order valence-corrected chi connectivity index (χ4v) is 4.44. The van der Waals surface area contributed by atoms with Crippen LogP contribution in [0, 0.1) is 11.1 Å². The van der Waals surface area contributed by atoms with Crippen LogP contribution in [0.15, 0.2) is 0 Å². The van der Waals surface area contributed by atoms with Crippen molar-refractivity contribution >= 4 is 7.52 Å². The van der Waals surface area contributed by atoms with Crippen LogP contribution in [0.5, 0.6) is 0 Å². The molecule has 1 unspecified atom stereocenters. The third-order valence-electron chi connectivity index (χ3n) is 3.56. The molecular formula is C14H27N2O2P. The van der Waals surface area contributed by atoms with Crippen LogP contribution in [-0.4, -0.2) is 23.9 Å². The molecule has 0 amide bonds. The minimum atomic E-state index is -3.29. The zero-order valence-corrected chi connectivity index (χ0v) is 13.2. The van der Waals surface area contributed by atoms with Crippen molar-refractivity contribution in [3.05, 3.63) is 0 Å². The first-order valence-corrected chi connectivity index (χ1v) is 9.19. The van der Waals surface area contributed by atoms with Gasteiger partial charge >= 0.3 is 7.52 Å². The largest absolute Gasteiger partial charge is 0.371 e. The molecule has 0 heterocycles. The molecule has 0 N–H and O–H groups in total. The fraction of sp³-hybridized carbons (Fsp3) is 0.929. The van der Waals surface area contributed by atoms with Crippen molar-refractivity contribution in [3.8, 4) is 5.81 Å². The fourth-order valence-electron chi connectivity index (χ4n) is 2.59. The molecule has 1 aliphatic rings. The van der Waals surface area contributed by atoms with Crippen molar-refractivity contribution in [1.29, 1.82) is 5.26 Å². The predicted molar refractivity (Wildman–Crippen MR) is 77.9 cm³/mol. The van der Waals surface area contributed by atoms with Crippen molar-refractivity contribution in [2.45, 2.75) is 71.3 Å². The molecule has 5 heteroatoms. The maximum Gasteiger partial charge on any atom is 0.371 e. The van der Waals surface area contributed by atoms with E-state index in [1.807, 2.05) is 19.7 Å². The van der Waals surface area contributed by atoms with Crippen LogP contribution in [0.1, 0.15) is 65.2 Å². The van der Waals surface area contributed by atoms with Gasteiger partial charge in [0.15, 0.2) is 5.81 Å². The first kappa shape index (κ1) is 16.7. The van der Waals surface area contributed by atoms with E-state index in [4.69, 9.17) is 4.52 Å². The Bertz CT molecular complexity index is 327. The summed E-state index contributed by atoms with van der Waals surface area (Å²) >= 11 is 0. The zero-order chi connectivity index (χ0) is 14.1. The van der Waals surface area contributed by atoms with Crippen molar-refractivity contribution in [3.63, 3.8) is 0 Å². The normalized spacial score (nSPS) is 20.7. The topological polar surface area (TPSA) is 53.3 Å². The average molecular weight is 286 g/mol. The van der Waals surface area contributed by atoms with Gasteiger partial charge in [0.05, 0.1) is 6.10 Å². The third-order valence-corrected chi connectivity index (χ3v) is 5.54. The first-order chi connectivity index (χ1) is 9.16. The molecule has 4 nitrogen and oxygen atoms in total. The Balaban J connectivity index is 2.71. The van der Waals surface area contributed by atoms with Gasteiger partial charge in [-0.25, -0.2) is 4.67 Å². The van der Waals surface area contributed by atoms with E-state index in [2.05, 4.69) is 0 Å². The van der Waals surface area contributed by atoms with Crippen LogP contribution < -0.4 is 0 Å². The van der Waals surface area contributed by atoms with Crippen LogP contribution in [0.2, 0.25) is 0 Å². The van der Waals surface area contributed by atoms with E-state index in [1.54, 1.807) is 4.67 Å². The molecule has 0 aliphatic heterocycles. The van der Waals surface area contributed by atoms with E-state index in [0.717, 1.165) is 38.5 Å². The van der Waals surface area contributed by atoms with Crippen molar-refractivity contribution < 1.29 is 9.09 Å². The van der Waals surface area contributed by atoms with Gasteiger partial charge in [-0.05, 0) is 25.7 Å². The quantitative estimate of drug-likeness (QED) is 0.510. The molecule has 0 aromatic heterocycles. The SMILES string of the molecule is CCCN(CCC)P(=O)(C#N)OC1CCCCCC1. The van der Waals surface area contributed by atoms with Crippen molar-refractivity contribution in [2.24, 2.45) is 0 Å². The zero-order valence-electron chi connectivity index (χ0n) is 12.3. The summed E-state index contributed by atoms with van der Waals surface area (Å²) < 4.78 is 20.3. The Morgan fingerprint density at radius 1 is 1.16 bits per heavy atom. The van der Waals surface area contributed by atoms with Crippen LogP contribution in [0.3, 0.4) is 0 Å². The van der Waals surface area contributed by atoms with Crippen LogP contribution in [-0.2, 0) is 9.09 Å². The Kier molecular flexibility index (Phi) is 7.68. The van der Waals surface area contributed by atoms with Gasteiger partial charge in [-0.15, -0.1) is 0 Å². The molecule has 1 atom stereocenters. The van der Waals surface area contributed by atoms with Crippen molar-refractivity contribution in [1.82, 2.24) is 4.67 Å². The Hall–Kier alpha value is -0.360.